The molecule has 108 valence electrons. The van der Waals surface area contributed by atoms with Crippen LogP contribution in [-0.2, 0) is 4.79 Å². The van der Waals surface area contributed by atoms with Gasteiger partial charge in [0.1, 0.15) is 23.8 Å². The molecule has 0 unspecified atom stereocenters. The summed E-state index contributed by atoms with van der Waals surface area (Å²) in [7, 11) is 0. The van der Waals surface area contributed by atoms with Crippen molar-refractivity contribution in [2.45, 2.75) is 18.6 Å². The van der Waals surface area contributed by atoms with Crippen molar-refractivity contribution in [2.24, 2.45) is 0 Å². The Kier molecular flexibility index (Phi) is 3.08. The number of aromatic amines is 1. The first-order chi connectivity index (χ1) is 10.0. The van der Waals surface area contributed by atoms with E-state index < -0.39 is 18.6 Å². The van der Waals surface area contributed by atoms with E-state index in [2.05, 4.69) is 15.0 Å². The first-order valence-corrected chi connectivity index (χ1v) is 6.13. The van der Waals surface area contributed by atoms with Crippen LogP contribution in [0.1, 0.15) is 12.1 Å². The molecule has 0 radical (unpaired) electrons. The van der Waals surface area contributed by atoms with Gasteiger partial charge in [-0.2, -0.15) is 17.7 Å². The second-order valence-electron chi connectivity index (χ2n) is 4.58. The molecular weight excluding hydrogens is 285 g/mol. The molecule has 3 rings (SSSR count). The Balaban J connectivity index is 1.89. The molecule has 1 aliphatic rings. The average molecular weight is 295 g/mol. The van der Waals surface area contributed by atoms with Gasteiger partial charge in [0, 0.05) is 11.6 Å². The van der Waals surface area contributed by atoms with Crippen molar-refractivity contribution in [2.75, 3.05) is 0 Å². The molecule has 0 spiro atoms. The Morgan fingerprint density at radius 3 is 2.81 bits per heavy atom. The number of H-pyrrole nitrogens is 1. The Labute approximate surface area is 116 Å². The Bertz CT molecular complexity index is 760. The van der Waals surface area contributed by atoms with Crippen molar-refractivity contribution in [3.63, 3.8) is 0 Å². The third-order valence-electron chi connectivity index (χ3n) is 3.26. The number of hydrogen-bond donors (Lipinski definition) is 1. The van der Waals surface area contributed by atoms with Crippen LogP contribution >= 0.6 is 0 Å². The van der Waals surface area contributed by atoms with Crippen LogP contribution in [0.4, 0.5) is 13.2 Å². The van der Waals surface area contributed by atoms with Crippen LogP contribution in [0, 0.1) is 0 Å². The van der Waals surface area contributed by atoms with E-state index >= 15 is 0 Å². The summed E-state index contributed by atoms with van der Waals surface area (Å²) in [5.41, 5.74) is 1.75. The summed E-state index contributed by atoms with van der Waals surface area (Å²) in [5, 5.41) is 0.735. The quantitative estimate of drug-likeness (QED) is 0.692. The van der Waals surface area contributed by atoms with Crippen molar-refractivity contribution < 1.29 is 22.5 Å². The zero-order valence-electron chi connectivity index (χ0n) is 10.6. The monoisotopic (exact) mass is 295 g/mol. The number of carbonyl (C=O) groups excluding carboxylic acids is 1. The number of fused-ring (bicyclic) bond motifs is 1. The lowest BCUT2D eigenvalue weighted by atomic mass is 10.1. The van der Waals surface area contributed by atoms with Crippen molar-refractivity contribution in [1.82, 2.24) is 15.0 Å². The lowest BCUT2D eigenvalue weighted by Crippen LogP contribution is -2.41. The number of aldehydes is 1. The third kappa shape index (κ3) is 2.32. The smallest absolute Gasteiger partial charge is 0.346 e. The Morgan fingerprint density at radius 1 is 1.38 bits per heavy atom. The lowest BCUT2D eigenvalue weighted by molar-refractivity contribution is -0.544. The van der Waals surface area contributed by atoms with Crippen LogP contribution in [0.15, 0.2) is 24.8 Å². The molecule has 2 aromatic rings. The standard InChI is InChI=1S/C13H10F3N4O/c14-13(15,16)10(2-4-21)20-5-8(6-20)11-9-1-3-17-12(9)19-7-18-11/h1,3-7,10H,2H2,(H,17,18,19)/q+1/t10-/m1/s1. The number of nitrogens with one attached hydrogen (secondary N) is 1. The highest BCUT2D eigenvalue weighted by molar-refractivity contribution is 6.13. The Hall–Kier alpha value is -2.51. The van der Waals surface area contributed by atoms with Crippen LogP contribution < -0.4 is 0 Å². The van der Waals surface area contributed by atoms with Gasteiger partial charge in [-0.25, -0.2) is 9.97 Å². The molecule has 0 saturated carbocycles. The van der Waals surface area contributed by atoms with Gasteiger partial charge in [-0.05, 0) is 6.07 Å². The molecule has 0 fully saturated rings. The molecule has 0 saturated heterocycles. The number of hydrogen-bond acceptors (Lipinski definition) is 3. The van der Waals surface area contributed by atoms with Crippen molar-refractivity contribution >= 4 is 29.1 Å². The van der Waals surface area contributed by atoms with E-state index in [1.54, 1.807) is 12.3 Å². The van der Waals surface area contributed by atoms with Crippen LogP contribution in [0.5, 0.6) is 0 Å². The van der Waals surface area contributed by atoms with E-state index in [4.69, 9.17) is 0 Å². The molecule has 5 nitrogen and oxygen atoms in total. The molecule has 1 N–H and O–H groups in total. The number of allylic oxidation sites excluding steroid dienone is 1. The van der Waals surface area contributed by atoms with Gasteiger partial charge in [0.05, 0.1) is 12.1 Å². The summed E-state index contributed by atoms with van der Waals surface area (Å²) >= 11 is 0. The van der Waals surface area contributed by atoms with Crippen molar-refractivity contribution in [3.05, 3.63) is 30.5 Å². The zero-order valence-corrected chi connectivity index (χ0v) is 10.6. The predicted octanol–water partition coefficient (Wildman–Crippen LogP) is 1.92. The minimum Gasteiger partial charge on any atom is -0.346 e. The van der Waals surface area contributed by atoms with Crippen LogP contribution in [0.25, 0.3) is 16.6 Å². The van der Waals surface area contributed by atoms with E-state index in [0.717, 1.165) is 9.96 Å². The summed E-state index contributed by atoms with van der Waals surface area (Å²) in [6.45, 7) is 0. The number of alkyl halides is 3. The van der Waals surface area contributed by atoms with E-state index in [9.17, 15) is 18.0 Å². The number of halogens is 3. The van der Waals surface area contributed by atoms with Gasteiger partial charge < -0.3 is 9.78 Å². The van der Waals surface area contributed by atoms with Gasteiger partial charge in [0.15, 0.2) is 12.4 Å². The molecule has 21 heavy (non-hydrogen) atoms. The predicted molar refractivity (Wildman–Crippen MR) is 68.7 cm³/mol. The SMILES string of the molecule is O=CC[C@@H]([N+]1=CC(c2ncnc3[nH]ccc23)=C1)C(F)(F)F. The maximum Gasteiger partial charge on any atom is 0.452 e. The van der Waals surface area contributed by atoms with Gasteiger partial charge >= 0.3 is 6.18 Å². The summed E-state index contributed by atoms with van der Waals surface area (Å²) in [6.07, 6.45) is 0.921. The average Bonchev–Trinajstić information content (AvgIpc) is 2.83. The van der Waals surface area contributed by atoms with E-state index in [1.807, 2.05) is 0 Å². The number of aromatic nitrogens is 3. The number of rotatable bonds is 4. The van der Waals surface area contributed by atoms with Crippen LogP contribution in [0.2, 0.25) is 0 Å². The van der Waals surface area contributed by atoms with E-state index in [-0.39, 0.29) is 6.29 Å². The molecule has 0 aliphatic carbocycles. The molecular formula is C13H10F3N4O+. The highest BCUT2D eigenvalue weighted by Crippen LogP contribution is 2.30. The molecule has 1 atom stereocenters. The van der Waals surface area contributed by atoms with Crippen LogP contribution in [0.3, 0.4) is 0 Å². The van der Waals surface area contributed by atoms with E-state index in [1.165, 1.54) is 18.7 Å². The molecule has 3 heterocycles. The van der Waals surface area contributed by atoms with Crippen molar-refractivity contribution in [1.29, 1.82) is 0 Å². The fourth-order valence-electron chi connectivity index (χ4n) is 2.23. The van der Waals surface area contributed by atoms with Gasteiger partial charge in [-0.15, -0.1) is 0 Å². The molecule has 2 aromatic heterocycles. The maximum absolute atomic E-state index is 12.8. The topological polar surface area (TPSA) is 61.6 Å². The van der Waals surface area contributed by atoms with Gasteiger partial charge in [-0.3, -0.25) is 0 Å². The fraction of sp³-hybridized carbons (Fsp3) is 0.231. The van der Waals surface area contributed by atoms with E-state index in [0.29, 0.717) is 16.9 Å². The van der Waals surface area contributed by atoms with Crippen molar-refractivity contribution in [3.8, 4) is 0 Å². The largest absolute Gasteiger partial charge is 0.452 e. The summed E-state index contributed by atoms with van der Waals surface area (Å²) in [6, 6.07) is -0.0726. The minimum absolute atomic E-state index is 0.271. The summed E-state index contributed by atoms with van der Waals surface area (Å²) in [5.74, 6) is 0. The Morgan fingerprint density at radius 2 is 2.14 bits per heavy atom. The molecule has 0 bridgehead atoms. The highest BCUT2D eigenvalue weighted by Gasteiger charge is 2.49. The fourth-order valence-corrected chi connectivity index (χ4v) is 2.23. The maximum atomic E-state index is 12.8. The molecule has 0 aromatic carbocycles. The molecule has 8 heteroatoms. The van der Waals surface area contributed by atoms with Crippen LogP contribution in [-0.4, -0.2) is 44.2 Å². The third-order valence-corrected chi connectivity index (χ3v) is 3.26. The first-order valence-electron chi connectivity index (χ1n) is 6.13. The molecule has 0 amide bonds. The minimum atomic E-state index is -4.46. The van der Waals surface area contributed by atoms with Gasteiger partial charge in [0.25, 0.3) is 6.04 Å². The number of nitrogens with zero attached hydrogens (tertiary/aromatic N) is 3. The summed E-state index contributed by atoms with van der Waals surface area (Å²) < 4.78 is 39.5. The molecule has 1 aliphatic heterocycles. The zero-order chi connectivity index (χ0) is 15.0. The number of carbonyl (C=O) groups is 1. The normalized spacial score (nSPS) is 16.1. The van der Waals surface area contributed by atoms with Gasteiger partial charge in [0.2, 0.25) is 0 Å². The second kappa shape index (κ2) is 4.80. The highest BCUT2D eigenvalue weighted by atomic mass is 19.4. The summed E-state index contributed by atoms with van der Waals surface area (Å²) in [4.78, 5) is 21.4. The second-order valence-corrected chi connectivity index (χ2v) is 4.58. The van der Waals surface area contributed by atoms with Gasteiger partial charge in [-0.1, -0.05) is 0 Å². The lowest BCUT2D eigenvalue weighted by Gasteiger charge is -2.18. The first kappa shape index (κ1) is 13.5.